The van der Waals surface area contributed by atoms with Crippen molar-refractivity contribution in [2.45, 2.75) is 32.7 Å². The van der Waals surface area contributed by atoms with E-state index in [1.54, 1.807) is 12.1 Å². The summed E-state index contributed by atoms with van der Waals surface area (Å²) in [4.78, 5) is 27.4. The molecule has 88 valence electrons. The summed E-state index contributed by atoms with van der Waals surface area (Å²) in [6.07, 6.45) is 6.13. The van der Waals surface area contributed by atoms with Gasteiger partial charge in [0.1, 0.15) is 0 Å². The van der Waals surface area contributed by atoms with Crippen LogP contribution in [0.1, 0.15) is 30.9 Å². The van der Waals surface area contributed by atoms with E-state index < -0.39 is 0 Å². The second-order valence-electron chi connectivity index (χ2n) is 3.67. The van der Waals surface area contributed by atoms with Crippen LogP contribution in [0.15, 0.2) is 28.2 Å². The molecule has 0 heterocycles. The second-order valence-corrected chi connectivity index (χ2v) is 3.67. The predicted octanol–water partition coefficient (Wildman–Crippen LogP) is 2.83. The van der Waals surface area contributed by atoms with Crippen molar-refractivity contribution in [1.29, 1.82) is 0 Å². The summed E-state index contributed by atoms with van der Waals surface area (Å²) in [5.74, 6) is 0. The number of aryl methyl sites for hydroxylation is 1. The molecular weight excluding hydrogens is 216 g/mol. The van der Waals surface area contributed by atoms with Crippen LogP contribution in [0, 0.1) is 0 Å². The lowest BCUT2D eigenvalue weighted by Gasteiger charge is -2.07. The third kappa shape index (κ3) is 4.15. The molecule has 0 amide bonds. The molecule has 0 N–H and O–H groups in total. The average molecular weight is 230 g/mol. The summed E-state index contributed by atoms with van der Waals surface area (Å²) in [6.45, 7) is 2.40. The molecule has 1 aromatic rings. The Labute approximate surface area is 100 Å². The van der Waals surface area contributed by atoms with E-state index in [2.05, 4.69) is 16.9 Å². The van der Waals surface area contributed by atoms with Crippen LogP contribution in [0.3, 0.4) is 0 Å². The topological polar surface area (TPSA) is 58.9 Å². The summed E-state index contributed by atoms with van der Waals surface area (Å²) in [5, 5.41) is 0. The van der Waals surface area contributed by atoms with E-state index in [9.17, 15) is 9.59 Å². The van der Waals surface area contributed by atoms with Gasteiger partial charge in [-0.1, -0.05) is 19.4 Å². The largest absolute Gasteiger partial charge is 0.240 e. The lowest BCUT2D eigenvalue weighted by molar-refractivity contribution is 0.562. The Balaban J connectivity index is 3.01. The van der Waals surface area contributed by atoms with Crippen LogP contribution in [0.4, 0.5) is 5.69 Å². The number of aliphatic imine (C=N–C) groups is 2. The highest BCUT2D eigenvalue weighted by Gasteiger charge is 2.03. The van der Waals surface area contributed by atoms with Crippen molar-refractivity contribution < 1.29 is 9.59 Å². The zero-order chi connectivity index (χ0) is 12.5. The molecule has 0 spiro atoms. The Bertz CT molecular complexity index is 470. The summed E-state index contributed by atoms with van der Waals surface area (Å²) in [7, 11) is 0. The van der Waals surface area contributed by atoms with Gasteiger partial charge in [-0.15, -0.1) is 0 Å². The number of unbranched alkanes of at least 4 members (excludes halogenated alkanes) is 1. The molecule has 0 aliphatic heterocycles. The van der Waals surface area contributed by atoms with Crippen LogP contribution in [0.2, 0.25) is 0 Å². The van der Waals surface area contributed by atoms with Gasteiger partial charge < -0.3 is 0 Å². The molecule has 0 bridgehead atoms. The van der Waals surface area contributed by atoms with E-state index in [0.717, 1.165) is 30.4 Å². The minimum Gasteiger partial charge on any atom is -0.211 e. The van der Waals surface area contributed by atoms with Crippen LogP contribution in [0.25, 0.3) is 0 Å². The smallest absolute Gasteiger partial charge is 0.211 e. The molecule has 1 rings (SSSR count). The van der Waals surface area contributed by atoms with Gasteiger partial charge in [0.25, 0.3) is 0 Å². The lowest BCUT2D eigenvalue weighted by Crippen LogP contribution is -1.93. The van der Waals surface area contributed by atoms with E-state index in [1.807, 2.05) is 6.07 Å². The molecule has 0 unspecified atom stereocenters. The van der Waals surface area contributed by atoms with Crippen LogP contribution >= 0.6 is 0 Å². The van der Waals surface area contributed by atoms with Crippen molar-refractivity contribution in [1.82, 2.24) is 0 Å². The number of nitrogens with zero attached hydrogens (tertiary/aromatic N) is 2. The molecule has 0 aliphatic rings. The highest BCUT2D eigenvalue weighted by atomic mass is 16.1. The Morgan fingerprint density at radius 3 is 2.65 bits per heavy atom. The van der Waals surface area contributed by atoms with E-state index in [1.165, 1.54) is 12.2 Å². The third-order valence-electron chi connectivity index (χ3n) is 2.48. The van der Waals surface area contributed by atoms with Crippen LogP contribution in [-0.2, 0) is 22.6 Å². The normalized spacial score (nSPS) is 9.24. The fourth-order valence-electron chi connectivity index (χ4n) is 1.61. The first kappa shape index (κ1) is 13.0. The SMILES string of the molecule is CCCCc1ccc(N=C=O)cc1CN=C=O. The van der Waals surface area contributed by atoms with E-state index in [0.29, 0.717) is 5.69 Å². The van der Waals surface area contributed by atoms with Crippen molar-refractivity contribution >= 4 is 17.8 Å². The van der Waals surface area contributed by atoms with Crippen molar-refractivity contribution in [2.24, 2.45) is 9.98 Å². The maximum atomic E-state index is 10.2. The minimum atomic E-state index is 0.283. The first-order chi connectivity index (χ1) is 8.31. The van der Waals surface area contributed by atoms with Gasteiger partial charge >= 0.3 is 0 Å². The third-order valence-corrected chi connectivity index (χ3v) is 2.48. The Morgan fingerprint density at radius 1 is 1.18 bits per heavy atom. The van der Waals surface area contributed by atoms with Crippen molar-refractivity contribution in [2.75, 3.05) is 0 Å². The molecule has 0 aromatic heterocycles. The maximum absolute atomic E-state index is 10.2. The summed E-state index contributed by atoms with van der Waals surface area (Å²) < 4.78 is 0. The fourth-order valence-corrected chi connectivity index (χ4v) is 1.61. The highest BCUT2D eigenvalue weighted by molar-refractivity contribution is 5.52. The number of hydrogen-bond acceptors (Lipinski definition) is 4. The first-order valence-corrected chi connectivity index (χ1v) is 5.55. The fraction of sp³-hybridized carbons (Fsp3) is 0.385. The first-order valence-electron chi connectivity index (χ1n) is 5.55. The average Bonchev–Trinajstić information content (AvgIpc) is 2.35. The van der Waals surface area contributed by atoms with Crippen LogP contribution in [0.5, 0.6) is 0 Å². The van der Waals surface area contributed by atoms with Gasteiger partial charge in [-0.2, -0.15) is 4.99 Å². The number of benzene rings is 1. The quantitative estimate of drug-likeness (QED) is 0.557. The van der Waals surface area contributed by atoms with Gasteiger partial charge in [0.2, 0.25) is 12.2 Å². The van der Waals surface area contributed by atoms with Crippen LogP contribution < -0.4 is 0 Å². The molecule has 4 nitrogen and oxygen atoms in total. The molecule has 4 heteroatoms. The van der Waals surface area contributed by atoms with Crippen LogP contribution in [-0.4, -0.2) is 12.2 Å². The number of isocyanates is 2. The summed E-state index contributed by atoms with van der Waals surface area (Å²) in [6, 6.07) is 5.45. The van der Waals surface area contributed by atoms with Gasteiger partial charge in [-0.3, -0.25) is 0 Å². The Morgan fingerprint density at radius 2 is 2.00 bits per heavy atom. The van der Waals surface area contributed by atoms with Gasteiger partial charge in [-0.05, 0) is 36.1 Å². The zero-order valence-corrected chi connectivity index (χ0v) is 9.77. The molecule has 0 saturated carbocycles. The van der Waals surface area contributed by atoms with Gasteiger partial charge in [0.05, 0.1) is 12.2 Å². The molecule has 0 aliphatic carbocycles. The molecule has 0 fully saturated rings. The van der Waals surface area contributed by atoms with E-state index in [4.69, 9.17) is 0 Å². The lowest BCUT2D eigenvalue weighted by atomic mass is 10.0. The number of rotatable bonds is 6. The molecule has 17 heavy (non-hydrogen) atoms. The summed E-state index contributed by atoms with van der Waals surface area (Å²) in [5.41, 5.74) is 2.59. The standard InChI is InChI=1S/C13H14N2O2/c1-2-3-4-11-5-6-13(15-10-17)7-12(11)8-14-9-16/h5-7H,2-4,8H2,1H3. The van der Waals surface area contributed by atoms with Gasteiger partial charge in [0, 0.05) is 0 Å². The zero-order valence-electron chi connectivity index (χ0n) is 9.77. The summed E-state index contributed by atoms with van der Waals surface area (Å²) >= 11 is 0. The monoisotopic (exact) mass is 230 g/mol. The van der Waals surface area contributed by atoms with E-state index in [-0.39, 0.29) is 6.54 Å². The van der Waals surface area contributed by atoms with Crippen molar-refractivity contribution in [3.8, 4) is 0 Å². The highest BCUT2D eigenvalue weighted by Crippen LogP contribution is 2.20. The number of carbonyl (C=O) groups excluding carboxylic acids is 2. The van der Waals surface area contributed by atoms with Gasteiger partial charge in [-0.25, -0.2) is 14.6 Å². The Hall–Kier alpha value is -2.02. The molecule has 0 radical (unpaired) electrons. The maximum Gasteiger partial charge on any atom is 0.240 e. The Kier molecular flexibility index (Phi) is 5.59. The van der Waals surface area contributed by atoms with Gasteiger partial charge in [0.15, 0.2) is 0 Å². The predicted molar refractivity (Wildman–Crippen MR) is 64.7 cm³/mol. The van der Waals surface area contributed by atoms with E-state index >= 15 is 0 Å². The molecule has 1 aromatic carbocycles. The van der Waals surface area contributed by atoms with Crippen molar-refractivity contribution in [3.63, 3.8) is 0 Å². The van der Waals surface area contributed by atoms with Crippen molar-refractivity contribution in [3.05, 3.63) is 29.3 Å². The minimum absolute atomic E-state index is 0.283. The number of hydrogen-bond donors (Lipinski definition) is 0. The molecule has 0 atom stereocenters. The molecular formula is C13H14N2O2. The molecule has 0 saturated heterocycles. The second kappa shape index (κ2) is 7.29.